The highest BCUT2D eigenvalue weighted by Crippen LogP contribution is 2.23. The van der Waals surface area contributed by atoms with E-state index in [0.717, 1.165) is 11.3 Å². The Kier molecular flexibility index (Phi) is 4.39. The topological polar surface area (TPSA) is 53.1 Å². The largest absolute Gasteiger partial charge is 0.478 e. The molecule has 1 aromatic rings. The van der Waals surface area contributed by atoms with Gasteiger partial charge in [0.15, 0.2) is 0 Å². The van der Waals surface area contributed by atoms with Crippen molar-refractivity contribution in [2.75, 3.05) is 6.61 Å². The van der Waals surface area contributed by atoms with Crippen LogP contribution in [-0.2, 0) is 13.6 Å². The third-order valence-electron chi connectivity index (χ3n) is 2.34. The maximum atomic E-state index is 11.9. The van der Waals surface area contributed by atoms with Crippen molar-refractivity contribution in [3.8, 4) is 5.88 Å². The van der Waals surface area contributed by atoms with Crippen LogP contribution in [0.4, 0.5) is 13.2 Å². The van der Waals surface area contributed by atoms with Gasteiger partial charge in [-0.1, -0.05) is 0 Å². The van der Waals surface area contributed by atoms with Crippen LogP contribution in [0.3, 0.4) is 0 Å². The molecule has 0 aliphatic carbocycles. The molecule has 7 heteroatoms. The molecular formula is C10H16F3N3O. The Bertz CT molecular complexity index is 374. The van der Waals surface area contributed by atoms with Gasteiger partial charge in [0.05, 0.1) is 17.9 Å². The third-order valence-corrected chi connectivity index (χ3v) is 2.34. The Labute approximate surface area is 97.5 Å². The molecule has 0 fully saturated rings. The maximum Gasteiger partial charge on any atom is 0.389 e. The molecule has 1 rings (SSSR count). The highest BCUT2D eigenvalue weighted by Gasteiger charge is 2.26. The maximum absolute atomic E-state index is 11.9. The Morgan fingerprint density at radius 2 is 2.06 bits per heavy atom. The average molecular weight is 251 g/mol. The van der Waals surface area contributed by atoms with Gasteiger partial charge in [0.2, 0.25) is 5.88 Å². The molecule has 0 amide bonds. The van der Waals surface area contributed by atoms with Crippen molar-refractivity contribution in [2.45, 2.75) is 32.5 Å². The molecule has 98 valence electrons. The zero-order valence-corrected chi connectivity index (χ0v) is 9.84. The van der Waals surface area contributed by atoms with Crippen molar-refractivity contribution in [3.63, 3.8) is 0 Å². The molecule has 2 N–H and O–H groups in total. The van der Waals surface area contributed by atoms with E-state index in [9.17, 15) is 13.2 Å². The highest BCUT2D eigenvalue weighted by atomic mass is 19.4. The van der Waals surface area contributed by atoms with Crippen molar-refractivity contribution >= 4 is 0 Å². The summed E-state index contributed by atoms with van der Waals surface area (Å²) in [6, 6.07) is 0. The summed E-state index contributed by atoms with van der Waals surface area (Å²) in [5, 5.41) is 4.10. The van der Waals surface area contributed by atoms with E-state index < -0.39 is 12.6 Å². The van der Waals surface area contributed by atoms with E-state index in [-0.39, 0.29) is 19.6 Å². The molecule has 0 aromatic carbocycles. The summed E-state index contributed by atoms with van der Waals surface area (Å²) in [6.45, 7) is 2.05. The molecular weight excluding hydrogens is 235 g/mol. The second-order valence-electron chi connectivity index (χ2n) is 3.76. The van der Waals surface area contributed by atoms with Crippen LogP contribution in [0.25, 0.3) is 0 Å². The molecule has 0 bridgehead atoms. The Hall–Kier alpha value is -1.24. The summed E-state index contributed by atoms with van der Waals surface area (Å²) in [6.07, 6.45) is -5.05. The van der Waals surface area contributed by atoms with Crippen LogP contribution in [0, 0.1) is 6.92 Å². The van der Waals surface area contributed by atoms with E-state index in [0.29, 0.717) is 5.88 Å². The van der Waals surface area contributed by atoms with E-state index in [1.165, 1.54) is 4.68 Å². The third kappa shape index (κ3) is 3.92. The Balaban J connectivity index is 2.52. The molecule has 0 unspecified atom stereocenters. The van der Waals surface area contributed by atoms with Crippen molar-refractivity contribution < 1.29 is 17.9 Å². The highest BCUT2D eigenvalue weighted by molar-refractivity contribution is 5.30. The second-order valence-corrected chi connectivity index (χ2v) is 3.76. The number of nitrogens with zero attached hydrogens (tertiary/aromatic N) is 2. The first-order valence-corrected chi connectivity index (χ1v) is 5.27. The summed E-state index contributed by atoms with van der Waals surface area (Å²) < 4.78 is 42.5. The minimum Gasteiger partial charge on any atom is -0.478 e. The minimum atomic E-state index is -4.14. The number of hydrogen-bond acceptors (Lipinski definition) is 3. The van der Waals surface area contributed by atoms with Gasteiger partial charge in [-0.05, 0) is 13.3 Å². The quantitative estimate of drug-likeness (QED) is 0.813. The predicted molar refractivity (Wildman–Crippen MR) is 56.6 cm³/mol. The molecule has 0 atom stereocenters. The lowest BCUT2D eigenvalue weighted by Gasteiger charge is -2.09. The fourth-order valence-electron chi connectivity index (χ4n) is 1.54. The van der Waals surface area contributed by atoms with Crippen molar-refractivity contribution in [1.29, 1.82) is 0 Å². The first-order valence-electron chi connectivity index (χ1n) is 5.27. The van der Waals surface area contributed by atoms with Crippen LogP contribution in [0.15, 0.2) is 0 Å². The van der Waals surface area contributed by atoms with Gasteiger partial charge in [0.25, 0.3) is 0 Å². The number of aromatic nitrogens is 2. The van der Waals surface area contributed by atoms with Crippen molar-refractivity contribution in [1.82, 2.24) is 9.78 Å². The number of ether oxygens (including phenoxy) is 1. The van der Waals surface area contributed by atoms with Crippen LogP contribution in [-0.4, -0.2) is 22.6 Å². The molecule has 1 heterocycles. The number of nitrogens with two attached hydrogens (primary N) is 1. The molecule has 0 aliphatic rings. The van der Waals surface area contributed by atoms with Crippen LogP contribution in [0.1, 0.15) is 24.1 Å². The standard InChI is InChI=1S/C10H16F3N3O/c1-7-8(6-14)9(16(2)15-7)17-5-3-4-10(11,12)13/h3-6,14H2,1-2H3. The summed E-state index contributed by atoms with van der Waals surface area (Å²) in [7, 11) is 1.67. The van der Waals surface area contributed by atoms with Crippen molar-refractivity contribution in [3.05, 3.63) is 11.3 Å². The van der Waals surface area contributed by atoms with E-state index in [1.807, 2.05) is 0 Å². The lowest BCUT2D eigenvalue weighted by molar-refractivity contribution is -0.136. The normalized spacial score (nSPS) is 11.9. The average Bonchev–Trinajstić information content (AvgIpc) is 2.46. The van der Waals surface area contributed by atoms with Crippen LogP contribution in [0.2, 0.25) is 0 Å². The van der Waals surface area contributed by atoms with Gasteiger partial charge >= 0.3 is 6.18 Å². The number of alkyl halides is 3. The molecule has 0 spiro atoms. The molecule has 4 nitrogen and oxygen atoms in total. The summed E-state index contributed by atoms with van der Waals surface area (Å²) in [5.41, 5.74) is 7.00. The van der Waals surface area contributed by atoms with E-state index in [4.69, 9.17) is 10.5 Å². The number of rotatable bonds is 5. The van der Waals surface area contributed by atoms with Crippen LogP contribution in [0.5, 0.6) is 5.88 Å². The SMILES string of the molecule is Cc1nn(C)c(OCCCC(F)(F)F)c1CN. The van der Waals surface area contributed by atoms with Gasteiger partial charge in [-0.3, -0.25) is 0 Å². The lowest BCUT2D eigenvalue weighted by atomic mass is 10.2. The zero-order chi connectivity index (χ0) is 13.1. The van der Waals surface area contributed by atoms with E-state index in [2.05, 4.69) is 5.10 Å². The summed E-state index contributed by atoms with van der Waals surface area (Å²) >= 11 is 0. The Morgan fingerprint density at radius 1 is 1.41 bits per heavy atom. The zero-order valence-electron chi connectivity index (χ0n) is 9.84. The lowest BCUT2D eigenvalue weighted by Crippen LogP contribution is -2.11. The molecule has 0 saturated heterocycles. The summed E-state index contributed by atoms with van der Waals surface area (Å²) in [5.74, 6) is 0.451. The minimum absolute atomic E-state index is 0.00544. The van der Waals surface area contributed by atoms with Crippen LogP contribution < -0.4 is 10.5 Å². The molecule has 1 aromatic heterocycles. The molecule has 0 saturated carbocycles. The fraction of sp³-hybridized carbons (Fsp3) is 0.700. The van der Waals surface area contributed by atoms with Gasteiger partial charge in [0, 0.05) is 20.0 Å². The van der Waals surface area contributed by atoms with Gasteiger partial charge in [-0.25, -0.2) is 4.68 Å². The van der Waals surface area contributed by atoms with E-state index in [1.54, 1.807) is 14.0 Å². The van der Waals surface area contributed by atoms with Gasteiger partial charge in [-0.2, -0.15) is 18.3 Å². The second kappa shape index (κ2) is 5.39. The molecule has 0 radical (unpaired) electrons. The first kappa shape index (κ1) is 13.8. The van der Waals surface area contributed by atoms with Crippen molar-refractivity contribution in [2.24, 2.45) is 12.8 Å². The van der Waals surface area contributed by atoms with Gasteiger partial charge < -0.3 is 10.5 Å². The van der Waals surface area contributed by atoms with Crippen LogP contribution >= 0.6 is 0 Å². The van der Waals surface area contributed by atoms with Gasteiger partial charge in [-0.15, -0.1) is 0 Å². The first-order chi connectivity index (χ1) is 7.85. The Morgan fingerprint density at radius 3 is 2.59 bits per heavy atom. The number of halogens is 3. The van der Waals surface area contributed by atoms with Gasteiger partial charge in [0.1, 0.15) is 0 Å². The monoisotopic (exact) mass is 251 g/mol. The smallest absolute Gasteiger partial charge is 0.389 e. The molecule has 17 heavy (non-hydrogen) atoms. The van der Waals surface area contributed by atoms with E-state index >= 15 is 0 Å². The number of aryl methyl sites for hydroxylation is 2. The number of hydrogen-bond donors (Lipinski definition) is 1. The molecule has 0 aliphatic heterocycles. The fourth-order valence-corrected chi connectivity index (χ4v) is 1.54. The predicted octanol–water partition coefficient (Wildman–Crippen LogP) is 1.91. The summed E-state index contributed by atoms with van der Waals surface area (Å²) in [4.78, 5) is 0.